The number of nitrogens with zero attached hydrogens (tertiary/aromatic N) is 1. The minimum Gasteiger partial charge on any atom is -0.378 e. The van der Waals surface area contributed by atoms with Crippen LogP contribution in [-0.2, 0) is 6.54 Å². The molecule has 0 aliphatic rings. The van der Waals surface area contributed by atoms with Gasteiger partial charge >= 0.3 is 0 Å². The number of aromatic amines is 1. The monoisotopic (exact) mass is 287 g/mol. The molecule has 0 radical (unpaired) electrons. The first-order chi connectivity index (χ1) is 8.58. The highest BCUT2D eigenvalue weighted by Gasteiger charge is 2.05. The summed E-state index contributed by atoms with van der Waals surface area (Å²) < 4.78 is 13.0. The third kappa shape index (κ3) is 2.80. The zero-order valence-corrected chi connectivity index (χ0v) is 10.5. The number of H-pyrrole nitrogens is 1. The van der Waals surface area contributed by atoms with Crippen molar-refractivity contribution < 1.29 is 4.39 Å². The molecule has 0 atom stereocenters. The van der Waals surface area contributed by atoms with Gasteiger partial charge in [0.25, 0.3) is 5.56 Å². The van der Waals surface area contributed by atoms with Crippen molar-refractivity contribution in [3.05, 3.63) is 56.2 Å². The molecule has 1 heterocycles. The summed E-state index contributed by atoms with van der Waals surface area (Å²) in [4.78, 5) is 11.2. The second-order valence-electron chi connectivity index (χ2n) is 3.53. The van der Waals surface area contributed by atoms with E-state index in [0.29, 0.717) is 12.2 Å². The first-order valence-corrected chi connectivity index (χ1v) is 5.74. The SMILES string of the molecule is O=c1[nH]ncc(NCc2ccc(F)c(Cl)c2)c1Cl. The molecule has 1 aromatic heterocycles. The van der Waals surface area contributed by atoms with Crippen molar-refractivity contribution in [2.75, 3.05) is 5.32 Å². The van der Waals surface area contributed by atoms with E-state index < -0.39 is 11.4 Å². The Hall–Kier alpha value is -1.59. The molecule has 94 valence electrons. The Balaban J connectivity index is 2.14. The van der Waals surface area contributed by atoms with Crippen LogP contribution >= 0.6 is 23.2 Å². The van der Waals surface area contributed by atoms with Gasteiger partial charge < -0.3 is 5.32 Å². The van der Waals surface area contributed by atoms with E-state index in [9.17, 15) is 9.18 Å². The highest BCUT2D eigenvalue weighted by Crippen LogP contribution is 2.19. The van der Waals surface area contributed by atoms with E-state index in [-0.39, 0.29) is 10.0 Å². The lowest BCUT2D eigenvalue weighted by Gasteiger charge is -2.07. The summed E-state index contributed by atoms with van der Waals surface area (Å²) in [7, 11) is 0. The van der Waals surface area contributed by atoms with Crippen LogP contribution in [0.5, 0.6) is 0 Å². The summed E-state index contributed by atoms with van der Waals surface area (Å²) in [6, 6.07) is 4.36. The van der Waals surface area contributed by atoms with Crippen LogP contribution in [0.15, 0.2) is 29.2 Å². The van der Waals surface area contributed by atoms with Crippen LogP contribution in [0.1, 0.15) is 5.56 Å². The average molecular weight is 288 g/mol. The number of rotatable bonds is 3. The van der Waals surface area contributed by atoms with Gasteiger partial charge in [-0.2, -0.15) is 5.10 Å². The smallest absolute Gasteiger partial charge is 0.285 e. The summed E-state index contributed by atoms with van der Waals surface area (Å²) in [5.74, 6) is -0.476. The van der Waals surface area contributed by atoms with Gasteiger partial charge in [0.1, 0.15) is 10.8 Å². The van der Waals surface area contributed by atoms with Crippen molar-refractivity contribution in [1.29, 1.82) is 0 Å². The zero-order chi connectivity index (χ0) is 13.1. The standard InChI is InChI=1S/C11H8Cl2FN3O/c12-7-3-6(1-2-8(7)14)4-15-9-5-16-17-11(18)10(9)13/h1-3,5H,4H2,(H2,15,17,18). The maximum Gasteiger partial charge on any atom is 0.285 e. The lowest BCUT2D eigenvalue weighted by atomic mass is 10.2. The molecule has 1 aromatic carbocycles. The fraction of sp³-hybridized carbons (Fsp3) is 0.0909. The predicted octanol–water partition coefficient (Wildman–Crippen LogP) is 2.83. The lowest BCUT2D eigenvalue weighted by molar-refractivity contribution is 0.627. The largest absolute Gasteiger partial charge is 0.378 e. The quantitative estimate of drug-likeness (QED) is 0.913. The highest BCUT2D eigenvalue weighted by atomic mass is 35.5. The third-order valence-corrected chi connectivity index (χ3v) is 2.93. The Morgan fingerprint density at radius 2 is 2.17 bits per heavy atom. The Morgan fingerprint density at radius 3 is 2.89 bits per heavy atom. The lowest BCUT2D eigenvalue weighted by Crippen LogP contribution is -2.11. The number of hydrogen-bond donors (Lipinski definition) is 2. The predicted molar refractivity (Wildman–Crippen MR) is 68.6 cm³/mol. The maximum absolute atomic E-state index is 13.0. The van der Waals surface area contributed by atoms with Crippen LogP contribution in [0.3, 0.4) is 0 Å². The molecular weight excluding hydrogens is 280 g/mol. The van der Waals surface area contributed by atoms with Gasteiger partial charge in [-0.15, -0.1) is 0 Å². The van der Waals surface area contributed by atoms with Gasteiger partial charge in [-0.1, -0.05) is 29.3 Å². The molecule has 0 amide bonds. The van der Waals surface area contributed by atoms with Gasteiger partial charge in [0.05, 0.1) is 16.9 Å². The molecule has 0 saturated heterocycles. The zero-order valence-electron chi connectivity index (χ0n) is 9.01. The molecule has 0 fully saturated rings. The Bertz CT molecular complexity index is 630. The molecule has 2 N–H and O–H groups in total. The normalized spacial score (nSPS) is 10.4. The van der Waals surface area contributed by atoms with Crippen molar-refractivity contribution in [2.45, 2.75) is 6.54 Å². The summed E-state index contributed by atoms with van der Waals surface area (Å²) in [6.45, 7) is 0.352. The van der Waals surface area contributed by atoms with Crippen LogP contribution < -0.4 is 10.9 Å². The second-order valence-corrected chi connectivity index (χ2v) is 4.31. The molecule has 0 spiro atoms. The number of hydrogen-bond acceptors (Lipinski definition) is 3. The molecule has 7 heteroatoms. The fourth-order valence-electron chi connectivity index (χ4n) is 1.35. The van der Waals surface area contributed by atoms with Crippen molar-refractivity contribution in [3.63, 3.8) is 0 Å². The fourth-order valence-corrected chi connectivity index (χ4v) is 1.71. The molecular formula is C11H8Cl2FN3O. The van der Waals surface area contributed by atoms with E-state index in [2.05, 4.69) is 15.5 Å². The molecule has 4 nitrogen and oxygen atoms in total. The molecule has 0 bridgehead atoms. The van der Waals surface area contributed by atoms with Gasteiger partial charge in [0, 0.05) is 6.54 Å². The third-order valence-electron chi connectivity index (χ3n) is 2.26. The van der Waals surface area contributed by atoms with E-state index in [0.717, 1.165) is 5.56 Å². The van der Waals surface area contributed by atoms with E-state index in [1.807, 2.05) is 0 Å². The highest BCUT2D eigenvalue weighted by molar-refractivity contribution is 6.32. The van der Waals surface area contributed by atoms with E-state index in [4.69, 9.17) is 23.2 Å². The van der Waals surface area contributed by atoms with Gasteiger partial charge in [-0.25, -0.2) is 9.49 Å². The molecule has 0 aliphatic heterocycles. The number of nitrogens with one attached hydrogen (secondary N) is 2. The van der Waals surface area contributed by atoms with Crippen molar-refractivity contribution in [3.8, 4) is 0 Å². The minimum atomic E-state index is -0.476. The van der Waals surface area contributed by atoms with Crippen LogP contribution in [0.4, 0.5) is 10.1 Å². The molecule has 2 aromatic rings. The van der Waals surface area contributed by atoms with Crippen LogP contribution in [0.2, 0.25) is 10.0 Å². The summed E-state index contributed by atoms with van der Waals surface area (Å²) in [5, 5.41) is 8.82. The first kappa shape index (κ1) is 12.9. The summed E-state index contributed by atoms with van der Waals surface area (Å²) in [6.07, 6.45) is 1.40. The van der Waals surface area contributed by atoms with Crippen LogP contribution in [-0.4, -0.2) is 10.2 Å². The maximum atomic E-state index is 13.0. The minimum absolute atomic E-state index is 0.0261. The number of benzene rings is 1. The van der Waals surface area contributed by atoms with Gasteiger partial charge in [-0.05, 0) is 17.7 Å². The Morgan fingerprint density at radius 1 is 1.39 bits per heavy atom. The molecule has 0 aliphatic carbocycles. The molecule has 18 heavy (non-hydrogen) atoms. The Labute approximate surface area is 112 Å². The number of anilines is 1. The van der Waals surface area contributed by atoms with E-state index in [1.165, 1.54) is 18.3 Å². The van der Waals surface area contributed by atoms with Crippen LogP contribution in [0, 0.1) is 5.82 Å². The van der Waals surface area contributed by atoms with Crippen molar-refractivity contribution in [2.24, 2.45) is 0 Å². The topological polar surface area (TPSA) is 57.8 Å². The molecule has 0 unspecified atom stereocenters. The van der Waals surface area contributed by atoms with Crippen LogP contribution in [0.25, 0.3) is 0 Å². The summed E-state index contributed by atoms with van der Waals surface area (Å²) in [5.41, 5.74) is 0.692. The van der Waals surface area contributed by atoms with E-state index >= 15 is 0 Å². The first-order valence-electron chi connectivity index (χ1n) is 4.99. The summed E-state index contributed by atoms with van der Waals surface area (Å²) >= 11 is 11.4. The molecule has 2 rings (SSSR count). The van der Waals surface area contributed by atoms with Gasteiger partial charge in [-0.3, -0.25) is 4.79 Å². The van der Waals surface area contributed by atoms with Gasteiger partial charge in [0.15, 0.2) is 0 Å². The Kier molecular flexibility index (Phi) is 3.84. The van der Waals surface area contributed by atoms with Crippen molar-refractivity contribution >= 4 is 28.9 Å². The van der Waals surface area contributed by atoms with Crippen molar-refractivity contribution in [1.82, 2.24) is 10.2 Å². The second kappa shape index (κ2) is 5.37. The number of halogens is 3. The van der Waals surface area contributed by atoms with E-state index in [1.54, 1.807) is 6.07 Å². The molecule has 0 saturated carbocycles. The van der Waals surface area contributed by atoms with Gasteiger partial charge in [0.2, 0.25) is 0 Å². The average Bonchev–Trinajstić information content (AvgIpc) is 2.35. The number of aromatic nitrogens is 2.